The number of hydrogen-bond acceptors (Lipinski definition) is 6. The molecule has 0 bridgehead atoms. The number of rotatable bonds is 7. The van der Waals surface area contributed by atoms with Gasteiger partial charge in [-0.15, -0.1) is 0 Å². The standard InChI is InChI=1S/C25H30N2O5/c1-29-21-5-7-22(8-6-21)30-18-15-26-11-13-27(14-12-26)25(28)10-4-20-3-9-23-24(19-20)32-17-2-16-31-23/h3-10,19H,2,11-18H2,1H3/b10-4+. The van der Waals surface area contributed by atoms with Crippen molar-refractivity contribution in [2.75, 3.05) is 59.7 Å². The average Bonchev–Trinajstić information content (AvgIpc) is 3.08. The molecule has 0 unspecified atom stereocenters. The molecule has 0 spiro atoms. The Kier molecular flexibility index (Phi) is 7.51. The molecule has 0 saturated carbocycles. The maximum Gasteiger partial charge on any atom is 0.246 e. The number of nitrogens with zero attached hydrogens (tertiary/aromatic N) is 2. The summed E-state index contributed by atoms with van der Waals surface area (Å²) in [6.45, 7) is 5.88. The summed E-state index contributed by atoms with van der Waals surface area (Å²) in [5, 5.41) is 0. The number of ether oxygens (including phenoxy) is 4. The largest absolute Gasteiger partial charge is 0.497 e. The van der Waals surface area contributed by atoms with Crippen molar-refractivity contribution in [2.24, 2.45) is 0 Å². The van der Waals surface area contributed by atoms with E-state index in [2.05, 4.69) is 4.90 Å². The molecule has 7 heteroatoms. The smallest absolute Gasteiger partial charge is 0.246 e. The summed E-state index contributed by atoms with van der Waals surface area (Å²) in [6, 6.07) is 13.4. The summed E-state index contributed by atoms with van der Waals surface area (Å²) < 4.78 is 22.3. The molecule has 1 saturated heterocycles. The molecular weight excluding hydrogens is 408 g/mol. The van der Waals surface area contributed by atoms with Gasteiger partial charge in [0.15, 0.2) is 11.5 Å². The quantitative estimate of drug-likeness (QED) is 0.619. The number of benzene rings is 2. The molecule has 170 valence electrons. The Morgan fingerprint density at radius 2 is 1.69 bits per heavy atom. The van der Waals surface area contributed by atoms with E-state index in [9.17, 15) is 4.79 Å². The van der Waals surface area contributed by atoms with Crippen molar-refractivity contribution >= 4 is 12.0 Å². The van der Waals surface area contributed by atoms with Crippen LogP contribution in [-0.2, 0) is 4.79 Å². The van der Waals surface area contributed by atoms with Crippen LogP contribution in [0.2, 0.25) is 0 Å². The van der Waals surface area contributed by atoms with E-state index < -0.39 is 0 Å². The van der Waals surface area contributed by atoms with E-state index in [1.54, 1.807) is 13.2 Å². The fraction of sp³-hybridized carbons (Fsp3) is 0.400. The topological polar surface area (TPSA) is 60.5 Å². The maximum atomic E-state index is 12.6. The Bertz CT molecular complexity index is 920. The minimum Gasteiger partial charge on any atom is -0.497 e. The number of piperazine rings is 1. The summed E-state index contributed by atoms with van der Waals surface area (Å²) in [5.41, 5.74) is 0.928. The molecule has 2 aromatic carbocycles. The Balaban J connectivity index is 1.20. The summed E-state index contributed by atoms with van der Waals surface area (Å²) in [4.78, 5) is 16.8. The number of fused-ring (bicyclic) bond motifs is 1. The number of carbonyl (C=O) groups excluding carboxylic acids is 1. The zero-order valence-corrected chi connectivity index (χ0v) is 18.5. The van der Waals surface area contributed by atoms with E-state index in [0.717, 1.165) is 54.6 Å². The minimum absolute atomic E-state index is 0.0336. The highest BCUT2D eigenvalue weighted by Gasteiger charge is 2.19. The molecule has 0 atom stereocenters. The summed E-state index contributed by atoms with van der Waals surface area (Å²) in [7, 11) is 1.65. The van der Waals surface area contributed by atoms with Crippen molar-refractivity contribution in [2.45, 2.75) is 6.42 Å². The highest BCUT2D eigenvalue weighted by Crippen LogP contribution is 2.30. The van der Waals surface area contributed by atoms with Gasteiger partial charge in [-0.3, -0.25) is 9.69 Å². The average molecular weight is 439 g/mol. The second kappa shape index (κ2) is 10.9. The molecule has 2 aromatic rings. The zero-order valence-electron chi connectivity index (χ0n) is 18.5. The van der Waals surface area contributed by atoms with Gasteiger partial charge in [0.25, 0.3) is 0 Å². The van der Waals surface area contributed by atoms with Crippen molar-refractivity contribution < 1.29 is 23.7 Å². The van der Waals surface area contributed by atoms with Crippen LogP contribution in [0.4, 0.5) is 0 Å². The van der Waals surface area contributed by atoms with Crippen LogP contribution in [0.3, 0.4) is 0 Å². The Morgan fingerprint density at radius 1 is 0.969 bits per heavy atom. The molecular formula is C25H30N2O5. The summed E-state index contributed by atoms with van der Waals surface area (Å²) in [6.07, 6.45) is 4.35. The van der Waals surface area contributed by atoms with Gasteiger partial charge in [-0.05, 0) is 48.0 Å². The monoisotopic (exact) mass is 438 g/mol. The lowest BCUT2D eigenvalue weighted by atomic mass is 10.2. The molecule has 2 aliphatic rings. The fourth-order valence-electron chi connectivity index (χ4n) is 3.71. The van der Waals surface area contributed by atoms with E-state index in [1.165, 1.54) is 0 Å². The number of amides is 1. The van der Waals surface area contributed by atoms with Crippen LogP contribution in [0.15, 0.2) is 48.5 Å². The molecule has 1 amide bonds. The van der Waals surface area contributed by atoms with Gasteiger partial charge in [-0.2, -0.15) is 0 Å². The van der Waals surface area contributed by atoms with Gasteiger partial charge < -0.3 is 23.8 Å². The molecule has 4 rings (SSSR count). The lowest BCUT2D eigenvalue weighted by molar-refractivity contribution is -0.127. The molecule has 1 fully saturated rings. The molecule has 0 aromatic heterocycles. The Labute approximate surface area is 189 Å². The van der Waals surface area contributed by atoms with E-state index >= 15 is 0 Å². The first-order valence-electron chi connectivity index (χ1n) is 11.1. The predicted molar refractivity (Wildman–Crippen MR) is 123 cm³/mol. The normalized spacial score (nSPS) is 16.6. The SMILES string of the molecule is COc1ccc(OCCN2CCN(C(=O)/C=C/c3ccc4c(c3)OCCCO4)CC2)cc1. The van der Waals surface area contributed by atoms with Crippen molar-refractivity contribution in [1.29, 1.82) is 0 Å². The molecule has 32 heavy (non-hydrogen) atoms. The summed E-state index contributed by atoms with van der Waals surface area (Å²) in [5.74, 6) is 3.18. The van der Waals surface area contributed by atoms with Crippen molar-refractivity contribution in [1.82, 2.24) is 9.80 Å². The van der Waals surface area contributed by atoms with E-state index in [4.69, 9.17) is 18.9 Å². The molecule has 2 heterocycles. The van der Waals surface area contributed by atoms with Crippen molar-refractivity contribution in [3.05, 3.63) is 54.1 Å². The van der Waals surface area contributed by atoms with Gasteiger partial charge in [-0.25, -0.2) is 0 Å². The number of hydrogen-bond donors (Lipinski definition) is 0. The zero-order chi connectivity index (χ0) is 22.2. The maximum absolute atomic E-state index is 12.6. The summed E-state index contributed by atoms with van der Waals surface area (Å²) >= 11 is 0. The van der Waals surface area contributed by atoms with E-state index in [-0.39, 0.29) is 5.91 Å². The van der Waals surface area contributed by atoms with Crippen LogP contribution in [0.1, 0.15) is 12.0 Å². The molecule has 0 N–H and O–H groups in total. The lowest BCUT2D eigenvalue weighted by Crippen LogP contribution is -2.49. The Morgan fingerprint density at radius 3 is 2.44 bits per heavy atom. The third-order valence-corrected chi connectivity index (χ3v) is 5.61. The highest BCUT2D eigenvalue weighted by atomic mass is 16.5. The van der Waals surface area contributed by atoms with Crippen LogP contribution in [-0.4, -0.2) is 75.4 Å². The molecule has 0 radical (unpaired) electrons. The van der Waals surface area contributed by atoms with E-state index in [1.807, 2.05) is 53.4 Å². The third kappa shape index (κ3) is 5.95. The highest BCUT2D eigenvalue weighted by molar-refractivity contribution is 5.92. The second-order valence-corrected chi connectivity index (χ2v) is 7.78. The second-order valence-electron chi connectivity index (χ2n) is 7.78. The van der Waals surface area contributed by atoms with E-state index in [0.29, 0.717) is 32.9 Å². The number of carbonyl (C=O) groups is 1. The van der Waals surface area contributed by atoms with Gasteiger partial charge >= 0.3 is 0 Å². The number of methoxy groups -OCH3 is 1. The first kappa shape index (κ1) is 22.0. The first-order chi connectivity index (χ1) is 15.7. The molecule has 2 aliphatic heterocycles. The third-order valence-electron chi connectivity index (χ3n) is 5.61. The van der Waals surface area contributed by atoms with Gasteiger partial charge in [0.2, 0.25) is 5.91 Å². The van der Waals surface area contributed by atoms with Gasteiger partial charge in [-0.1, -0.05) is 6.07 Å². The molecule has 7 nitrogen and oxygen atoms in total. The first-order valence-corrected chi connectivity index (χ1v) is 11.1. The van der Waals surface area contributed by atoms with Crippen molar-refractivity contribution in [3.8, 4) is 23.0 Å². The van der Waals surface area contributed by atoms with Crippen LogP contribution in [0, 0.1) is 0 Å². The Hall–Kier alpha value is -3.19. The van der Waals surface area contributed by atoms with Crippen molar-refractivity contribution in [3.63, 3.8) is 0 Å². The van der Waals surface area contributed by atoms with Gasteiger partial charge in [0, 0.05) is 45.2 Å². The van der Waals surface area contributed by atoms with Gasteiger partial charge in [0.05, 0.1) is 20.3 Å². The van der Waals surface area contributed by atoms with Crippen LogP contribution < -0.4 is 18.9 Å². The van der Waals surface area contributed by atoms with Crippen LogP contribution in [0.25, 0.3) is 6.08 Å². The minimum atomic E-state index is 0.0336. The van der Waals surface area contributed by atoms with Crippen LogP contribution >= 0.6 is 0 Å². The lowest BCUT2D eigenvalue weighted by Gasteiger charge is -2.34. The fourth-order valence-corrected chi connectivity index (χ4v) is 3.71. The molecule has 0 aliphatic carbocycles. The van der Waals surface area contributed by atoms with Crippen LogP contribution in [0.5, 0.6) is 23.0 Å². The van der Waals surface area contributed by atoms with Gasteiger partial charge in [0.1, 0.15) is 18.1 Å². The predicted octanol–water partition coefficient (Wildman–Crippen LogP) is 3.09.